The van der Waals surface area contributed by atoms with Crippen LogP contribution in [-0.2, 0) is 0 Å². The van der Waals surface area contributed by atoms with Crippen LogP contribution >= 0.6 is 0 Å². The first-order chi connectivity index (χ1) is 9.16. The van der Waals surface area contributed by atoms with Gasteiger partial charge in [0, 0.05) is 11.7 Å². The minimum Gasteiger partial charge on any atom is -0.379 e. The zero-order chi connectivity index (χ0) is 13.7. The summed E-state index contributed by atoms with van der Waals surface area (Å²) in [5, 5.41) is 3.51. The van der Waals surface area contributed by atoms with Crippen LogP contribution in [0.3, 0.4) is 0 Å². The number of para-hydroxylation sites is 1. The van der Waals surface area contributed by atoms with Gasteiger partial charge < -0.3 is 5.32 Å². The van der Waals surface area contributed by atoms with Gasteiger partial charge in [0.25, 0.3) is 0 Å². The van der Waals surface area contributed by atoms with Crippen molar-refractivity contribution in [2.24, 2.45) is 0 Å². The number of hydrogen-bond donors (Lipinski definition) is 1. The molecule has 2 rings (SSSR count). The second-order valence-electron chi connectivity index (χ2n) is 4.98. The van der Waals surface area contributed by atoms with Crippen molar-refractivity contribution in [1.29, 1.82) is 0 Å². The lowest BCUT2D eigenvalue weighted by molar-refractivity contribution is 0.931. The molecule has 0 aromatic heterocycles. The number of nitrogens with one attached hydrogen (secondary N) is 1. The molecule has 0 heterocycles. The van der Waals surface area contributed by atoms with Crippen molar-refractivity contribution in [2.45, 2.75) is 26.8 Å². The van der Waals surface area contributed by atoms with Gasteiger partial charge in [0.2, 0.25) is 0 Å². The first kappa shape index (κ1) is 13.4. The third kappa shape index (κ3) is 3.72. The summed E-state index contributed by atoms with van der Waals surface area (Å²) in [5.74, 6) is 0. The number of anilines is 1. The Labute approximate surface area is 116 Å². The van der Waals surface area contributed by atoms with E-state index < -0.39 is 0 Å². The molecule has 0 radical (unpaired) electrons. The fraction of sp³-hybridized carbons (Fsp3) is 0.222. The van der Waals surface area contributed by atoms with Crippen molar-refractivity contribution in [3.63, 3.8) is 0 Å². The molecule has 2 aromatic carbocycles. The van der Waals surface area contributed by atoms with Gasteiger partial charge in [-0.2, -0.15) is 0 Å². The van der Waals surface area contributed by atoms with Gasteiger partial charge in [0.05, 0.1) is 0 Å². The van der Waals surface area contributed by atoms with Crippen molar-refractivity contribution in [3.8, 4) is 0 Å². The average molecular weight is 251 g/mol. The zero-order valence-corrected chi connectivity index (χ0v) is 11.9. The van der Waals surface area contributed by atoms with Crippen molar-refractivity contribution in [2.75, 3.05) is 5.32 Å². The third-order valence-corrected chi connectivity index (χ3v) is 3.41. The van der Waals surface area contributed by atoms with Crippen molar-refractivity contribution in [3.05, 3.63) is 71.3 Å². The minimum atomic E-state index is 0.321. The van der Waals surface area contributed by atoms with Crippen molar-refractivity contribution < 1.29 is 0 Å². The summed E-state index contributed by atoms with van der Waals surface area (Å²) < 4.78 is 0. The lowest BCUT2D eigenvalue weighted by Gasteiger charge is -2.16. The van der Waals surface area contributed by atoms with E-state index in [0.29, 0.717) is 6.04 Å². The molecule has 1 atom stereocenters. The summed E-state index contributed by atoms with van der Waals surface area (Å²) in [5.41, 5.74) is 5.10. The van der Waals surface area contributed by atoms with Gasteiger partial charge in [0.15, 0.2) is 0 Å². The van der Waals surface area contributed by atoms with Crippen LogP contribution in [0, 0.1) is 6.92 Å². The lowest BCUT2D eigenvalue weighted by atomic mass is 10.0. The largest absolute Gasteiger partial charge is 0.379 e. The van der Waals surface area contributed by atoms with Crippen LogP contribution in [0.1, 0.15) is 25.0 Å². The summed E-state index contributed by atoms with van der Waals surface area (Å²) in [6, 6.07) is 19.1. The van der Waals surface area contributed by atoms with Gasteiger partial charge in [-0.1, -0.05) is 54.1 Å². The normalized spacial score (nSPS) is 13.1. The lowest BCUT2D eigenvalue weighted by Crippen LogP contribution is -2.16. The number of rotatable bonds is 4. The zero-order valence-electron chi connectivity index (χ0n) is 11.9. The maximum atomic E-state index is 3.51. The summed E-state index contributed by atoms with van der Waals surface area (Å²) in [6.45, 7) is 6.51. The first-order valence-corrected chi connectivity index (χ1v) is 6.72. The van der Waals surface area contributed by atoms with E-state index in [1.54, 1.807) is 0 Å². The number of benzene rings is 2. The molecule has 0 fully saturated rings. The van der Waals surface area contributed by atoms with E-state index in [2.05, 4.69) is 80.7 Å². The van der Waals surface area contributed by atoms with E-state index in [9.17, 15) is 0 Å². The first-order valence-electron chi connectivity index (χ1n) is 6.72. The molecule has 0 saturated heterocycles. The molecule has 1 heteroatoms. The molecule has 0 spiro atoms. The van der Waals surface area contributed by atoms with Gasteiger partial charge in [-0.3, -0.25) is 0 Å². The predicted octanol–water partition coefficient (Wildman–Crippen LogP) is 4.90. The van der Waals surface area contributed by atoms with Crippen LogP contribution in [0.4, 0.5) is 5.69 Å². The molecule has 19 heavy (non-hydrogen) atoms. The van der Waals surface area contributed by atoms with E-state index in [-0.39, 0.29) is 0 Å². The van der Waals surface area contributed by atoms with Gasteiger partial charge in [-0.05, 0) is 44.0 Å². The Morgan fingerprint density at radius 3 is 2.32 bits per heavy atom. The molecular weight excluding hydrogens is 230 g/mol. The molecule has 1 nitrogen and oxygen atoms in total. The van der Waals surface area contributed by atoms with Crippen LogP contribution in [0.5, 0.6) is 0 Å². The van der Waals surface area contributed by atoms with Crippen molar-refractivity contribution in [1.82, 2.24) is 0 Å². The molecule has 0 aliphatic rings. The van der Waals surface area contributed by atoms with E-state index >= 15 is 0 Å². The van der Waals surface area contributed by atoms with Crippen LogP contribution in [0.2, 0.25) is 0 Å². The topological polar surface area (TPSA) is 12.0 Å². The highest BCUT2D eigenvalue weighted by atomic mass is 14.9. The van der Waals surface area contributed by atoms with E-state index in [0.717, 1.165) is 5.69 Å². The Morgan fingerprint density at radius 1 is 1.00 bits per heavy atom. The average Bonchev–Trinajstić information content (AvgIpc) is 2.42. The number of aryl methyl sites for hydroxylation is 1. The maximum Gasteiger partial charge on any atom is 0.0446 e. The minimum absolute atomic E-state index is 0.321. The van der Waals surface area contributed by atoms with Gasteiger partial charge in [-0.15, -0.1) is 0 Å². The molecule has 0 aliphatic carbocycles. The standard InChI is InChI=1S/C18H21N/c1-14-9-7-8-10-17(14)13-15(2)16(3)19-18-11-5-4-6-12-18/h4-13,16,19H,1-3H3. The van der Waals surface area contributed by atoms with Crippen LogP contribution in [-0.4, -0.2) is 6.04 Å². The molecule has 98 valence electrons. The quantitative estimate of drug-likeness (QED) is 0.815. The second-order valence-corrected chi connectivity index (χ2v) is 4.98. The highest BCUT2D eigenvalue weighted by Crippen LogP contribution is 2.16. The molecule has 0 saturated carbocycles. The predicted molar refractivity (Wildman–Crippen MR) is 84.4 cm³/mol. The van der Waals surface area contributed by atoms with E-state index in [1.807, 2.05) is 6.07 Å². The molecule has 0 amide bonds. The van der Waals surface area contributed by atoms with Crippen LogP contribution in [0.15, 0.2) is 60.2 Å². The SMILES string of the molecule is CC(=Cc1ccccc1C)C(C)Nc1ccccc1. The van der Waals surface area contributed by atoms with Crippen LogP contribution in [0.25, 0.3) is 6.08 Å². The van der Waals surface area contributed by atoms with Crippen LogP contribution < -0.4 is 5.32 Å². The highest BCUT2D eigenvalue weighted by molar-refractivity contribution is 5.58. The fourth-order valence-electron chi connectivity index (χ4n) is 2.02. The summed E-state index contributed by atoms with van der Waals surface area (Å²) in [4.78, 5) is 0. The van der Waals surface area contributed by atoms with Gasteiger partial charge in [-0.25, -0.2) is 0 Å². The molecule has 2 aromatic rings. The Hall–Kier alpha value is -2.02. The molecular formula is C18H21N. The highest BCUT2D eigenvalue weighted by Gasteiger charge is 2.04. The van der Waals surface area contributed by atoms with E-state index in [4.69, 9.17) is 0 Å². The Morgan fingerprint density at radius 2 is 1.63 bits per heavy atom. The summed E-state index contributed by atoms with van der Waals surface area (Å²) >= 11 is 0. The summed E-state index contributed by atoms with van der Waals surface area (Å²) in [6.07, 6.45) is 2.26. The Bertz CT molecular complexity index is 555. The second kappa shape index (κ2) is 6.24. The monoisotopic (exact) mass is 251 g/mol. The van der Waals surface area contributed by atoms with Gasteiger partial charge in [0.1, 0.15) is 0 Å². The molecule has 1 unspecified atom stereocenters. The smallest absolute Gasteiger partial charge is 0.0446 e. The Kier molecular flexibility index (Phi) is 4.40. The fourth-order valence-corrected chi connectivity index (χ4v) is 2.02. The number of hydrogen-bond acceptors (Lipinski definition) is 1. The van der Waals surface area contributed by atoms with Crippen molar-refractivity contribution >= 4 is 11.8 Å². The molecule has 0 aliphatic heterocycles. The Balaban J connectivity index is 2.11. The molecule has 0 bridgehead atoms. The maximum absolute atomic E-state index is 3.51. The third-order valence-electron chi connectivity index (χ3n) is 3.41. The molecule has 1 N–H and O–H groups in total. The van der Waals surface area contributed by atoms with Gasteiger partial charge >= 0.3 is 0 Å². The summed E-state index contributed by atoms with van der Waals surface area (Å²) in [7, 11) is 0. The van der Waals surface area contributed by atoms with E-state index in [1.165, 1.54) is 16.7 Å².